The van der Waals surface area contributed by atoms with E-state index in [4.69, 9.17) is 26.1 Å². The average Bonchev–Trinajstić information content (AvgIpc) is 3.26. The zero-order valence-corrected chi connectivity index (χ0v) is 21.3. The van der Waals surface area contributed by atoms with Crippen LogP contribution in [0.3, 0.4) is 0 Å². The number of rotatable bonds is 13. The summed E-state index contributed by atoms with van der Waals surface area (Å²) in [6, 6.07) is 22.9. The lowest BCUT2D eigenvalue weighted by atomic mass is 10.1. The number of para-hydroxylation sites is 2. The number of carbonyl (C=O) groups is 1. The normalized spacial score (nSPS) is 10.9. The summed E-state index contributed by atoms with van der Waals surface area (Å²) in [7, 11) is 1.65. The molecule has 0 radical (unpaired) electrons. The molecule has 1 aromatic heterocycles. The van der Waals surface area contributed by atoms with Gasteiger partial charge in [0, 0.05) is 36.2 Å². The van der Waals surface area contributed by atoms with Gasteiger partial charge in [0.2, 0.25) is 0 Å². The summed E-state index contributed by atoms with van der Waals surface area (Å²) >= 11 is 5.89. The molecule has 0 spiro atoms. The molecule has 0 aliphatic heterocycles. The van der Waals surface area contributed by atoms with E-state index in [-0.39, 0.29) is 5.91 Å². The van der Waals surface area contributed by atoms with Gasteiger partial charge in [-0.15, -0.1) is 0 Å². The molecule has 36 heavy (non-hydrogen) atoms. The fourth-order valence-corrected chi connectivity index (χ4v) is 4.29. The SMILES string of the molecule is COc1cccc(OCCCn2c(CCCCCNC(=O)c3ccc(Cl)cc3)nc3ccccc32)c1. The van der Waals surface area contributed by atoms with Crippen LogP contribution >= 0.6 is 11.6 Å². The highest BCUT2D eigenvalue weighted by Gasteiger charge is 2.10. The largest absolute Gasteiger partial charge is 0.497 e. The van der Waals surface area contributed by atoms with E-state index in [0.717, 1.165) is 67.0 Å². The fourth-order valence-electron chi connectivity index (χ4n) is 4.16. The van der Waals surface area contributed by atoms with Gasteiger partial charge in [-0.1, -0.05) is 36.2 Å². The van der Waals surface area contributed by atoms with Gasteiger partial charge in [0.25, 0.3) is 5.91 Å². The van der Waals surface area contributed by atoms with E-state index < -0.39 is 0 Å². The van der Waals surface area contributed by atoms with Crippen LogP contribution < -0.4 is 14.8 Å². The third kappa shape index (κ3) is 7.01. The third-order valence-corrected chi connectivity index (χ3v) is 6.29. The molecule has 0 atom stereocenters. The maximum Gasteiger partial charge on any atom is 0.251 e. The molecule has 0 bridgehead atoms. The molecule has 0 fully saturated rings. The maximum atomic E-state index is 12.2. The standard InChI is InChI=1S/C29H32ClN3O3/c1-35-24-9-7-10-25(21-24)36-20-8-19-33-27-12-5-4-11-26(27)32-28(33)13-3-2-6-18-31-29(34)22-14-16-23(30)17-15-22/h4-5,7,9-12,14-17,21H,2-3,6,8,13,18-20H2,1H3,(H,31,34). The Morgan fingerprint density at radius 3 is 2.58 bits per heavy atom. The number of benzene rings is 3. The van der Waals surface area contributed by atoms with Crippen molar-refractivity contribution in [2.45, 2.75) is 38.6 Å². The van der Waals surface area contributed by atoms with Crippen molar-refractivity contribution in [1.29, 1.82) is 0 Å². The van der Waals surface area contributed by atoms with Gasteiger partial charge in [0.15, 0.2) is 0 Å². The summed E-state index contributed by atoms with van der Waals surface area (Å²) in [6.45, 7) is 2.11. The summed E-state index contributed by atoms with van der Waals surface area (Å²) in [4.78, 5) is 17.1. The van der Waals surface area contributed by atoms with Crippen molar-refractivity contribution in [2.75, 3.05) is 20.3 Å². The summed E-state index contributed by atoms with van der Waals surface area (Å²) in [5, 5.41) is 3.61. The molecular formula is C29H32ClN3O3. The lowest BCUT2D eigenvalue weighted by Crippen LogP contribution is -2.24. The molecule has 0 aliphatic rings. The molecule has 0 saturated carbocycles. The van der Waals surface area contributed by atoms with E-state index in [9.17, 15) is 4.79 Å². The predicted molar refractivity (Wildman–Crippen MR) is 144 cm³/mol. The first-order chi connectivity index (χ1) is 17.6. The molecule has 1 N–H and O–H groups in total. The van der Waals surface area contributed by atoms with Crippen molar-refractivity contribution in [2.24, 2.45) is 0 Å². The van der Waals surface area contributed by atoms with E-state index in [2.05, 4.69) is 28.1 Å². The van der Waals surface area contributed by atoms with Crippen LogP contribution in [0.1, 0.15) is 41.9 Å². The number of ether oxygens (including phenoxy) is 2. The molecule has 3 aromatic carbocycles. The second-order valence-electron chi connectivity index (χ2n) is 8.62. The molecule has 0 aliphatic carbocycles. The van der Waals surface area contributed by atoms with Crippen molar-refractivity contribution >= 4 is 28.5 Å². The van der Waals surface area contributed by atoms with E-state index >= 15 is 0 Å². The van der Waals surface area contributed by atoms with E-state index in [1.807, 2.05) is 30.3 Å². The van der Waals surface area contributed by atoms with Crippen molar-refractivity contribution in [3.8, 4) is 11.5 Å². The Hall–Kier alpha value is -3.51. The number of fused-ring (bicyclic) bond motifs is 1. The second-order valence-corrected chi connectivity index (χ2v) is 9.06. The zero-order chi connectivity index (χ0) is 25.2. The van der Waals surface area contributed by atoms with Gasteiger partial charge in [-0.25, -0.2) is 4.98 Å². The number of carbonyl (C=O) groups excluding carboxylic acids is 1. The second kappa shape index (κ2) is 13.0. The summed E-state index contributed by atoms with van der Waals surface area (Å²) in [5.74, 6) is 2.64. The lowest BCUT2D eigenvalue weighted by Gasteiger charge is -2.11. The first-order valence-corrected chi connectivity index (χ1v) is 12.8. The van der Waals surface area contributed by atoms with Gasteiger partial charge in [0.1, 0.15) is 17.3 Å². The van der Waals surface area contributed by atoms with Crippen molar-refractivity contribution < 1.29 is 14.3 Å². The summed E-state index contributed by atoms with van der Waals surface area (Å²) < 4.78 is 13.5. The monoisotopic (exact) mass is 505 g/mol. The van der Waals surface area contributed by atoms with Gasteiger partial charge < -0.3 is 19.4 Å². The zero-order valence-electron chi connectivity index (χ0n) is 20.6. The molecule has 1 heterocycles. The van der Waals surface area contributed by atoms with Crippen LogP contribution in [0.25, 0.3) is 11.0 Å². The van der Waals surface area contributed by atoms with Gasteiger partial charge in [-0.05, 0) is 67.8 Å². The molecule has 4 aromatic rings. The minimum atomic E-state index is -0.0652. The molecule has 1 amide bonds. The van der Waals surface area contributed by atoms with Crippen LogP contribution in [-0.4, -0.2) is 35.7 Å². The highest BCUT2D eigenvalue weighted by Crippen LogP contribution is 2.21. The molecule has 6 nitrogen and oxygen atoms in total. The van der Waals surface area contributed by atoms with Gasteiger partial charge >= 0.3 is 0 Å². The number of nitrogens with one attached hydrogen (secondary N) is 1. The summed E-state index contributed by atoms with van der Waals surface area (Å²) in [5.41, 5.74) is 2.81. The fraction of sp³-hybridized carbons (Fsp3) is 0.310. The number of hydrogen-bond donors (Lipinski definition) is 1. The van der Waals surface area contributed by atoms with Crippen LogP contribution in [0.4, 0.5) is 0 Å². The number of aromatic nitrogens is 2. The highest BCUT2D eigenvalue weighted by atomic mass is 35.5. The Labute approximate surface area is 217 Å². The van der Waals surface area contributed by atoms with Crippen LogP contribution in [-0.2, 0) is 13.0 Å². The van der Waals surface area contributed by atoms with Crippen molar-refractivity contribution in [1.82, 2.24) is 14.9 Å². The molecule has 0 unspecified atom stereocenters. The average molecular weight is 506 g/mol. The van der Waals surface area contributed by atoms with E-state index in [0.29, 0.717) is 23.7 Å². The molecule has 188 valence electrons. The number of aryl methyl sites for hydroxylation is 2. The number of halogens is 1. The molecule has 4 rings (SSSR count). The van der Waals surface area contributed by atoms with Gasteiger partial charge in [-0.2, -0.15) is 0 Å². The maximum absolute atomic E-state index is 12.2. The highest BCUT2D eigenvalue weighted by molar-refractivity contribution is 6.30. The number of unbranched alkanes of at least 4 members (excludes halogenated alkanes) is 2. The van der Waals surface area contributed by atoms with Crippen LogP contribution in [0.2, 0.25) is 5.02 Å². The van der Waals surface area contributed by atoms with Crippen molar-refractivity contribution in [3.05, 3.63) is 89.2 Å². The predicted octanol–water partition coefficient (Wildman–Crippen LogP) is 6.31. The Kier molecular flexibility index (Phi) is 9.22. The van der Waals surface area contributed by atoms with Crippen LogP contribution in [0.5, 0.6) is 11.5 Å². The number of hydrogen-bond acceptors (Lipinski definition) is 4. The van der Waals surface area contributed by atoms with E-state index in [1.54, 1.807) is 31.4 Å². The Bertz CT molecular complexity index is 1270. The first kappa shape index (κ1) is 25.6. The number of methoxy groups -OCH3 is 1. The Morgan fingerprint density at radius 2 is 1.75 bits per heavy atom. The van der Waals surface area contributed by atoms with E-state index in [1.165, 1.54) is 0 Å². The first-order valence-electron chi connectivity index (χ1n) is 12.4. The quantitative estimate of drug-likeness (QED) is 0.216. The minimum Gasteiger partial charge on any atom is -0.497 e. The Morgan fingerprint density at radius 1 is 0.944 bits per heavy atom. The summed E-state index contributed by atoms with van der Waals surface area (Å²) in [6.07, 6.45) is 4.73. The lowest BCUT2D eigenvalue weighted by molar-refractivity contribution is 0.0953. The molecular weight excluding hydrogens is 474 g/mol. The molecule has 0 saturated heterocycles. The van der Waals surface area contributed by atoms with Crippen LogP contribution in [0.15, 0.2) is 72.8 Å². The van der Waals surface area contributed by atoms with Gasteiger partial charge in [-0.3, -0.25) is 4.79 Å². The molecule has 7 heteroatoms. The Balaban J connectivity index is 1.24. The minimum absolute atomic E-state index is 0.0652. The number of amides is 1. The van der Waals surface area contributed by atoms with Crippen molar-refractivity contribution in [3.63, 3.8) is 0 Å². The van der Waals surface area contributed by atoms with Gasteiger partial charge in [0.05, 0.1) is 24.8 Å². The smallest absolute Gasteiger partial charge is 0.251 e. The topological polar surface area (TPSA) is 65.4 Å². The third-order valence-electron chi connectivity index (χ3n) is 6.04. The number of nitrogens with zero attached hydrogens (tertiary/aromatic N) is 2. The van der Waals surface area contributed by atoms with Crippen LogP contribution in [0, 0.1) is 0 Å². The number of imidazole rings is 1.